The number of halogens is 2. The van der Waals surface area contributed by atoms with Gasteiger partial charge >= 0.3 is 0 Å². The molecule has 2 N–H and O–H groups in total. The standard InChI is InChI=1S/C21H15Cl2N3O4S/c22-13-4-2-11(8-14(13)23)24-20(28)12-3-6-17-18(12)25-21(31-17)26-19(27)10-1-5-15-16(7-10)30-9-29-15/h1-2,4-5,7-8,12H,3,6,9H2,(H,24,28)(H,25,26,27). The molecule has 0 spiro atoms. The third-order valence-electron chi connectivity index (χ3n) is 5.08. The normalized spacial score (nSPS) is 16.1. The Bertz CT molecular complexity index is 1210. The highest BCUT2D eigenvalue weighted by atomic mass is 35.5. The molecule has 10 heteroatoms. The zero-order chi connectivity index (χ0) is 21.5. The molecule has 1 aliphatic heterocycles. The lowest BCUT2D eigenvalue weighted by Gasteiger charge is -2.11. The molecule has 3 aromatic rings. The second-order valence-corrected chi connectivity index (χ2v) is 8.96. The Morgan fingerprint density at radius 1 is 1.03 bits per heavy atom. The molecule has 0 saturated carbocycles. The summed E-state index contributed by atoms with van der Waals surface area (Å²) in [4.78, 5) is 30.9. The Morgan fingerprint density at radius 3 is 2.71 bits per heavy atom. The molecular weight excluding hydrogens is 461 g/mol. The number of benzene rings is 2. The first-order chi connectivity index (χ1) is 15.0. The molecule has 0 radical (unpaired) electrons. The van der Waals surface area contributed by atoms with Gasteiger partial charge in [-0.25, -0.2) is 4.98 Å². The number of ether oxygens (including phenoxy) is 2. The van der Waals surface area contributed by atoms with Crippen molar-refractivity contribution >= 4 is 57.2 Å². The molecule has 0 fully saturated rings. The Hall–Kier alpha value is -2.81. The number of amides is 2. The lowest BCUT2D eigenvalue weighted by Crippen LogP contribution is -2.20. The highest BCUT2D eigenvalue weighted by molar-refractivity contribution is 7.16. The summed E-state index contributed by atoms with van der Waals surface area (Å²) in [5.41, 5.74) is 1.71. The molecular formula is C21H15Cl2N3O4S. The van der Waals surface area contributed by atoms with Gasteiger partial charge in [0.05, 0.1) is 21.7 Å². The Labute approximate surface area is 191 Å². The van der Waals surface area contributed by atoms with Gasteiger partial charge in [0.15, 0.2) is 16.6 Å². The predicted molar refractivity (Wildman–Crippen MR) is 119 cm³/mol. The molecule has 1 atom stereocenters. The molecule has 158 valence electrons. The van der Waals surface area contributed by atoms with Gasteiger partial charge < -0.3 is 14.8 Å². The number of nitrogens with zero attached hydrogens (tertiary/aromatic N) is 1. The van der Waals surface area contributed by atoms with Crippen molar-refractivity contribution in [1.82, 2.24) is 4.98 Å². The number of aryl methyl sites for hydroxylation is 1. The molecule has 2 heterocycles. The minimum atomic E-state index is -0.392. The van der Waals surface area contributed by atoms with Gasteiger partial charge in [0.1, 0.15) is 0 Å². The molecule has 2 aliphatic rings. The van der Waals surface area contributed by atoms with E-state index in [-0.39, 0.29) is 18.6 Å². The van der Waals surface area contributed by atoms with Crippen LogP contribution in [-0.4, -0.2) is 23.6 Å². The number of fused-ring (bicyclic) bond motifs is 2. The second kappa shape index (κ2) is 8.03. The van der Waals surface area contributed by atoms with Crippen LogP contribution in [0.4, 0.5) is 10.8 Å². The summed E-state index contributed by atoms with van der Waals surface area (Å²) in [5.74, 6) is 0.282. The van der Waals surface area contributed by atoms with Gasteiger partial charge in [-0.2, -0.15) is 0 Å². The number of anilines is 2. The van der Waals surface area contributed by atoms with Crippen LogP contribution in [0, 0.1) is 0 Å². The fourth-order valence-electron chi connectivity index (χ4n) is 3.55. The number of thiazole rings is 1. The number of aromatic nitrogens is 1. The fraction of sp³-hybridized carbons (Fsp3) is 0.190. The van der Waals surface area contributed by atoms with Crippen LogP contribution in [0.2, 0.25) is 10.0 Å². The fourth-order valence-corrected chi connectivity index (χ4v) is 4.88. The summed E-state index contributed by atoms with van der Waals surface area (Å²) in [6, 6.07) is 9.93. The summed E-state index contributed by atoms with van der Waals surface area (Å²) < 4.78 is 10.6. The summed E-state index contributed by atoms with van der Waals surface area (Å²) in [6.45, 7) is 0.144. The zero-order valence-electron chi connectivity index (χ0n) is 15.9. The summed E-state index contributed by atoms with van der Waals surface area (Å²) >= 11 is 13.3. The highest BCUT2D eigenvalue weighted by Gasteiger charge is 2.33. The average molecular weight is 476 g/mol. The average Bonchev–Trinajstić information content (AvgIpc) is 3.45. The number of rotatable bonds is 4. The molecule has 1 unspecified atom stereocenters. The first-order valence-corrected chi connectivity index (χ1v) is 11.0. The molecule has 31 heavy (non-hydrogen) atoms. The van der Waals surface area contributed by atoms with Crippen molar-refractivity contribution in [2.24, 2.45) is 0 Å². The van der Waals surface area contributed by atoms with E-state index in [2.05, 4.69) is 15.6 Å². The molecule has 1 aliphatic carbocycles. The van der Waals surface area contributed by atoms with Gasteiger partial charge in [0.2, 0.25) is 12.7 Å². The van der Waals surface area contributed by atoms with Crippen LogP contribution in [0.5, 0.6) is 11.5 Å². The van der Waals surface area contributed by atoms with E-state index in [1.165, 1.54) is 11.3 Å². The Balaban J connectivity index is 1.29. The lowest BCUT2D eigenvalue weighted by atomic mass is 10.1. The first kappa shape index (κ1) is 20.1. The minimum Gasteiger partial charge on any atom is -0.454 e. The number of hydrogen-bond donors (Lipinski definition) is 2. The number of carbonyl (C=O) groups excluding carboxylic acids is 2. The van der Waals surface area contributed by atoms with Gasteiger partial charge in [0.25, 0.3) is 5.91 Å². The molecule has 7 nitrogen and oxygen atoms in total. The smallest absolute Gasteiger partial charge is 0.257 e. The topological polar surface area (TPSA) is 89.6 Å². The maximum absolute atomic E-state index is 12.8. The van der Waals surface area contributed by atoms with Crippen LogP contribution in [-0.2, 0) is 11.2 Å². The summed E-state index contributed by atoms with van der Waals surface area (Å²) in [5, 5.41) is 6.92. The van der Waals surface area contributed by atoms with E-state index in [4.69, 9.17) is 32.7 Å². The largest absolute Gasteiger partial charge is 0.454 e. The third kappa shape index (κ3) is 3.94. The van der Waals surface area contributed by atoms with Gasteiger partial charge in [-0.05, 0) is 49.2 Å². The maximum Gasteiger partial charge on any atom is 0.257 e. The van der Waals surface area contributed by atoms with Crippen LogP contribution in [0.15, 0.2) is 36.4 Å². The number of hydrogen-bond acceptors (Lipinski definition) is 6. The van der Waals surface area contributed by atoms with Crippen LogP contribution in [0.3, 0.4) is 0 Å². The van der Waals surface area contributed by atoms with Crippen molar-refractivity contribution in [2.45, 2.75) is 18.8 Å². The molecule has 2 amide bonds. The van der Waals surface area contributed by atoms with E-state index < -0.39 is 5.92 Å². The first-order valence-electron chi connectivity index (χ1n) is 9.44. The van der Waals surface area contributed by atoms with E-state index in [1.54, 1.807) is 36.4 Å². The Kier molecular flexibility index (Phi) is 5.21. The van der Waals surface area contributed by atoms with Crippen molar-refractivity contribution in [3.05, 3.63) is 62.6 Å². The van der Waals surface area contributed by atoms with Gasteiger partial charge in [-0.3, -0.25) is 14.9 Å². The van der Waals surface area contributed by atoms with E-state index in [1.807, 2.05) is 0 Å². The molecule has 0 bridgehead atoms. The van der Waals surface area contributed by atoms with Crippen molar-refractivity contribution in [2.75, 3.05) is 17.4 Å². The lowest BCUT2D eigenvalue weighted by molar-refractivity contribution is -0.117. The minimum absolute atomic E-state index is 0.144. The van der Waals surface area contributed by atoms with Crippen LogP contribution >= 0.6 is 34.5 Å². The summed E-state index contributed by atoms with van der Waals surface area (Å²) in [7, 11) is 0. The van der Waals surface area contributed by atoms with E-state index in [0.29, 0.717) is 50.0 Å². The van der Waals surface area contributed by atoms with Crippen molar-refractivity contribution in [3.8, 4) is 11.5 Å². The monoisotopic (exact) mass is 475 g/mol. The van der Waals surface area contributed by atoms with Crippen molar-refractivity contribution in [1.29, 1.82) is 0 Å². The zero-order valence-corrected chi connectivity index (χ0v) is 18.2. The highest BCUT2D eigenvalue weighted by Crippen LogP contribution is 2.39. The van der Waals surface area contributed by atoms with E-state index in [0.717, 1.165) is 11.3 Å². The van der Waals surface area contributed by atoms with Gasteiger partial charge in [-0.1, -0.05) is 23.2 Å². The van der Waals surface area contributed by atoms with Gasteiger partial charge in [0, 0.05) is 16.1 Å². The van der Waals surface area contributed by atoms with Crippen molar-refractivity contribution in [3.63, 3.8) is 0 Å². The number of carbonyl (C=O) groups is 2. The van der Waals surface area contributed by atoms with Crippen LogP contribution in [0.1, 0.15) is 33.3 Å². The van der Waals surface area contributed by atoms with Crippen LogP contribution < -0.4 is 20.1 Å². The molecule has 2 aromatic carbocycles. The molecule has 1 aromatic heterocycles. The van der Waals surface area contributed by atoms with E-state index in [9.17, 15) is 9.59 Å². The van der Waals surface area contributed by atoms with Crippen LogP contribution in [0.25, 0.3) is 0 Å². The Morgan fingerprint density at radius 2 is 1.87 bits per heavy atom. The third-order valence-corrected chi connectivity index (χ3v) is 6.86. The predicted octanol–water partition coefficient (Wildman–Crippen LogP) is 5.10. The van der Waals surface area contributed by atoms with Gasteiger partial charge in [-0.15, -0.1) is 11.3 Å². The second-order valence-electron chi connectivity index (χ2n) is 7.06. The molecule has 5 rings (SSSR count). The summed E-state index contributed by atoms with van der Waals surface area (Å²) in [6.07, 6.45) is 1.39. The maximum atomic E-state index is 12.8. The SMILES string of the molecule is O=C(Nc1nc2c(s1)CCC2C(=O)Nc1ccc(Cl)c(Cl)c1)c1ccc2c(c1)OCO2. The van der Waals surface area contributed by atoms with Crippen molar-refractivity contribution < 1.29 is 19.1 Å². The van der Waals surface area contributed by atoms with E-state index >= 15 is 0 Å². The molecule has 0 saturated heterocycles. The number of nitrogens with one attached hydrogen (secondary N) is 2. The quantitative estimate of drug-likeness (QED) is 0.547.